The zero-order chi connectivity index (χ0) is 14.7. The van der Waals surface area contributed by atoms with Crippen molar-refractivity contribution in [3.8, 4) is 0 Å². The fourth-order valence-electron chi connectivity index (χ4n) is 2.17. The van der Waals surface area contributed by atoms with Gasteiger partial charge in [-0.1, -0.05) is 19.1 Å². The molecule has 0 saturated carbocycles. The van der Waals surface area contributed by atoms with Gasteiger partial charge in [0.15, 0.2) is 0 Å². The number of amides is 1. The molecule has 0 spiro atoms. The van der Waals surface area contributed by atoms with Crippen LogP contribution in [0.1, 0.15) is 37.6 Å². The number of carbonyl (C=O) groups excluding carboxylic acids is 1. The topological polar surface area (TPSA) is 68.0 Å². The van der Waals surface area contributed by atoms with E-state index in [0.29, 0.717) is 0 Å². The molecular weight excluding hydrogens is 250 g/mol. The van der Waals surface area contributed by atoms with Crippen LogP contribution < -0.4 is 11.1 Å². The Morgan fingerprint density at radius 1 is 1.35 bits per heavy atom. The van der Waals surface area contributed by atoms with Gasteiger partial charge in [-0.05, 0) is 44.0 Å². The maximum Gasteiger partial charge on any atom is 0.239 e. The number of aromatic nitrogens is 1. The van der Waals surface area contributed by atoms with Crippen LogP contribution in [0.5, 0.6) is 0 Å². The van der Waals surface area contributed by atoms with Crippen molar-refractivity contribution in [1.29, 1.82) is 0 Å². The quantitative estimate of drug-likeness (QED) is 0.877. The summed E-state index contributed by atoms with van der Waals surface area (Å²) in [6.45, 7) is 6.08. The van der Waals surface area contributed by atoms with Crippen molar-refractivity contribution in [2.45, 2.75) is 39.3 Å². The molecule has 4 nitrogen and oxygen atoms in total. The van der Waals surface area contributed by atoms with Crippen molar-refractivity contribution < 1.29 is 4.79 Å². The van der Waals surface area contributed by atoms with E-state index in [-0.39, 0.29) is 11.9 Å². The predicted octanol–water partition coefficient (Wildman–Crippen LogP) is 2.46. The molecule has 0 radical (unpaired) electrons. The lowest BCUT2D eigenvalue weighted by atomic mass is 10.0. The molecule has 0 aliphatic heterocycles. The smallest absolute Gasteiger partial charge is 0.239 e. The van der Waals surface area contributed by atoms with Crippen LogP contribution in [0, 0.1) is 6.92 Å². The van der Waals surface area contributed by atoms with E-state index in [0.717, 1.165) is 28.6 Å². The third-order valence-corrected chi connectivity index (χ3v) is 3.53. The number of nitrogens with zero attached hydrogens (tertiary/aromatic N) is 1. The molecule has 1 heterocycles. The molecule has 1 aromatic heterocycles. The summed E-state index contributed by atoms with van der Waals surface area (Å²) in [5.74, 6) is -0.357. The summed E-state index contributed by atoms with van der Waals surface area (Å²) < 4.78 is 0. The molecule has 0 aliphatic rings. The van der Waals surface area contributed by atoms with Gasteiger partial charge in [-0.2, -0.15) is 0 Å². The van der Waals surface area contributed by atoms with Crippen LogP contribution in [0.25, 0.3) is 10.9 Å². The van der Waals surface area contributed by atoms with Crippen LogP contribution in [-0.4, -0.2) is 16.9 Å². The van der Waals surface area contributed by atoms with E-state index >= 15 is 0 Å². The summed E-state index contributed by atoms with van der Waals surface area (Å²) >= 11 is 0. The van der Waals surface area contributed by atoms with Crippen LogP contribution in [0.4, 0.5) is 0 Å². The molecule has 2 rings (SSSR count). The Morgan fingerprint density at radius 2 is 2.10 bits per heavy atom. The summed E-state index contributed by atoms with van der Waals surface area (Å²) in [6.07, 6.45) is 0.943. The van der Waals surface area contributed by atoms with E-state index < -0.39 is 6.04 Å². The number of fused-ring (bicyclic) bond motifs is 1. The first-order valence-corrected chi connectivity index (χ1v) is 6.94. The molecule has 0 bridgehead atoms. The Bertz CT molecular complexity index is 624. The fraction of sp³-hybridized carbons (Fsp3) is 0.375. The van der Waals surface area contributed by atoms with Gasteiger partial charge in [-0.3, -0.25) is 15.1 Å². The predicted molar refractivity (Wildman–Crippen MR) is 81.3 cm³/mol. The number of carbonyl (C=O) groups is 1. The highest BCUT2D eigenvalue weighted by Crippen LogP contribution is 2.20. The van der Waals surface area contributed by atoms with Crippen LogP contribution in [0.15, 0.2) is 30.3 Å². The third-order valence-electron chi connectivity index (χ3n) is 3.53. The Labute approximate surface area is 119 Å². The van der Waals surface area contributed by atoms with Crippen molar-refractivity contribution in [3.05, 3.63) is 41.6 Å². The minimum Gasteiger partial charge on any atom is -0.368 e. The number of nitrogens with two attached hydrogens (primary N) is 1. The molecule has 2 atom stereocenters. The first kappa shape index (κ1) is 14.5. The highest BCUT2D eigenvalue weighted by molar-refractivity contribution is 5.85. The molecule has 0 aliphatic carbocycles. The lowest BCUT2D eigenvalue weighted by Crippen LogP contribution is -2.38. The Morgan fingerprint density at radius 3 is 2.75 bits per heavy atom. The monoisotopic (exact) mass is 271 g/mol. The molecule has 2 aromatic rings. The van der Waals surface area contributed by atoms with E-state index in [9.17, 15) is 4.79 Å². The van der Waals surface area contributed by atoms with Gasteiger partial charge >= 0.3 is 0 Å². The Balaban J connectivity index is 2.38. The number of primary amides is 1. The molecule has 4 heteroatoms. The number of rotatable bonds is 5. The van der Waals surface area contributed by atoms with Gasteiger partial charge in [-0.25, -0.2) is 0 Å². The van der Waals surface area contributed by atoms with E-state index in [1.807, 2.05) is 44.2 Å². The average molecular weight is 271 g/mol. The summed E-state index contributed by atoms with van der Waals surface area (Å²) in [5.41, 5.74) is 8.32. The number of nitrogens with one attached hydrogen (secondary N) is 1. The van der Waals surface area contributed by atoms with Gasteiger partial charge in [0, 0.05) is 17.1 Å². The standard InChI is InChI=1S/C16H21N3O/c1-4-10(2)19-15(16(17)20)13-7-8-14-12(9-13)6-5-11(3)18-14/h5-10,15,19H,4H2,1-3H3,(H2,17,20). The molecule has 3 N–H and O–H groups in total. The highest BCUT2D eigenvalue weighted by Gasteiger charge is 2.19. The molecular formula is C16H21N3O. The first-order chi connectivity index (χ1) is 9.51. The van der Waals surface area contributed by atoms with Crippen LogP contribution in [0.2, 0.25) is 0 Å². The van der Waals surface area contributed by atoms with E-state index in [4.69, 9.17) is 5.73 Å². The van der Waals surface area contributed by atoms with Gasteiger partial charge in [0.1, 0.15) is 6.04 Å². The summed E-state index contributed by atoms with van der Waals surface area (Å²) in [5, 5.41) is 4.28. The first-order valence-electron chi connectivity index (χ1n) is 6.94. The Kier molecular flexibility index (Phi) is 4.35. The molecule has 1 aromatic carbocycles. The summed E-state index contributed by atoms with van der Waals surface area (Å²) in [6, 6.07) is 9.59. The number of aryl methyl sites for hydroxylation is 1. The van der Waals surface area contributed by atoms with Gasteiger partial charge in [0.05, 0.1) is 5.52 Å². The zero-order valence-corrected chi connectivity index (χ0v) is 12.2. The maximum absolute atomic E-state index is 11.7. The second kappa shape index (κ2) is 6.01. The average Bonchev–Trinajstić information content (AvgIpc) is 2.43. The molecule has 0 saturated heterocycles. The highest BCUT2D eigenvalue weighted by atomic mass is 16.1. The molecule has 20 heavy (non-hydrogen) atoms. The van der Waals surface area contributed by atoms with Crippen molar-refractivity contribution in [1.82, 2.24) is 10.3 Å². The SMILES string of the molecule is CCC(C)NC(C(N)=O)c1ccc2nc(C)ccc2c1. The van der Waals surface area contributed by atoms with E-state index in [1.54, 1.807) is 0 Å². The van der Waals surface area contributed by atoms with Crippen LogP contribution in [0.3, 0.4) is 0 Å². The second-order valence-corrected chi connectivity index (χ2v) is 5.22. The van der Waals surface area contributed by atoms with Crippen LogP contribution >= 0.6 is 0 Å². The van der Waals surface area contributed by atoms with E-state index in [2.05, 4.69) is 17.2 Å². The molecule has 0 fully saturated rings. The molecule has 106 valence electrons. The minimum absolute atomic E-state index is 0.235. The minimum atomic E-state index is -0.462. The third kappa shape index (κ3) is 3.14. The summed E-state index contributed by atoms with van der Waals surface area (Å²) in [7, 11) is 0. The zero-order valence-electron chi connectivity index (χ0n) is 12.2. The van der Waals surface area contributed by atoms with Crippen LogP contribution in [-0.2, 0) is 4.79 Å². The second-order valence-electron chi connectivity index (χ2n) is 5.22. The van der Waals surface area contributed by atoms with E-state index in [1.165, 1.54) is 0 Å². The fourth-order valence-corrected chi connectivity index (χ4v) is 2.17. The molecule has 1 amide bonds. The largest absolute Gasteiger partial charge is 0.368 e. The van der Waals surface area contributed by atoms with Gasteiger partial charge in [0.2, 0.25) is 5.91 Å². The Hall–Kier alpha value is -1.94. The normalized spacial score (nSPS) is 14.2. The number of hydrogen-bond acceptors (Lipinski definition) is 3. The van der Waals surface area contributed by atoms with Crippen molar-refractivity contribution in [2.75, 3.05) is 0 Å². The van der Waals surface area contributed by atoms with Gasteiger partial charge in [0.25, 0.3) is 0 Å². The van der Waals surface area contributed by atoms with Crippen molar-refractivity contribution >= 4 is 16.8 Å². The summed E-state index contributed by atoms with van der Waals surface area (Å²) in [4.78, 5) is 16.1. The molecule has 2 unspecified atom stereocenters. The lowest BCUT2D eigenvalue weighted by Gasteiger charge is -2.20. The lowest BCUT2D eigenvalue weighted by molar-refractivity contribution is -0.120. The van der Waals surface area contributed by atoms with Gasteiger partial charge < -0.3 is 5.73 Å². The van der Waals surface area contributed by atoms with Crippen molar-refractivity contribution in [3.63, 3.8) is 0 Å². The number of benzene rings is 1. The van der Waals surface area contributed by atoms with Gasteiger partial charge in [-0.15, -0.1) is 0 Å². The number of hydrogen-bond donors (Lipinski definition) is 2. The maximum atomic E-state index is 11.7. The van der Waals surface area contributed by atoms with Crippen molar-refractivity contribution in [2.24, 2.45) is 5.73 Å². The number of pyridine rings is 1.